The van der Waals surface area contributed by atoms with E-state index in [0.29, 0.717) is 11.3 Å². The summed E-state index contributed by atoms with van der Waals surface area (Å²) < 4.78 is 25.6. The maximum absolute atomic E-state index is 11.7. The molecular formula is C9H12N2O5S2. The van der Waals surface area contributed by atoms with Gasteiger partial charge >= 0.3 is 5.97 Å². The molecule has 0 aliphatic carbocycles. The molecule has 3 N–H and O–H groups in total. The Bertz CT molecular complexity index is 549. The van der Waals surface area contributed by atoms with Crippen molar-refractivity contribution in [3.05, 3.63) is 17.0 Å². The fourth-order valence-corrected chi connectivity index (χ4v) is 3.30. The van der Waals surface area contributed by atoms with E-state index in [0.717, 1.165) is 0 Å². The molecule has 1 aromatic heterocycles. The van der Waals surface area contributed by atoms with Gasteiger partial charge in [-0.3, -0.25) is 4.79 Å². The van der Waals surface area contributed by atoms with Crippen molar-refractivity contribution >= 4 is 33.2 Å². The lowest BCUT2D eigenvalue weighted by Gasteiger charge is -2.03. The highest BCUT2D eigenvalue weighted by Crippen LogP contribution is 2.21. The van der Waals surface area contributed by atoms with Crippen molar-refractivity contribution in [1.29, 1.82) is 0 Å². The number of sulfonamides is 1. The Morgan fingerprint density at radius 3 is 2.56 bits per heavy atom. The number of rotatable bonds is 6. The number of hydrogen-bond acceptors (Lipinski definition) is 5. The molecule has 1 heterocycles. The molecule has 0 spiro atoms. The fraction of sp³-hybridized carbons (Fsp3) is 0.333. The molecule has 1 aromatic rings. The van der Waals surface area contributed by atoms with Gasteiger partial charge in [0.2, 0.25) is 15.9 Å². The number of aromatic carboxylic acids is 1. The number of hydrogen-bond donors (Lipinski definition) is 3. The minimum Gasteiger partial charge on any atom is -0.477 e. The molecule has 0 atom stereocenters. The normalized spacial score (nSPS) is 11.2. The fourth-order valence-electron chi connectivity index (χ4n) is 1.07. The van der Waals surface area contributed by atoms with E-state index in [1.807, 2.05) is 0 Å². The summed E-state index contributed by atoms with van der Waals surface area (Å²) in [5, 5.41) is 11.0. The molecule has 1 rings (SSSR count). The van der Waals surface area contributed by atoms with E-state index in [4.69, 9.17) is 5.11 Å². The van der Waals surface area contributed by atoms with Crippen LogP contribution in [0.25, 0.3) is 0 Å². The zero-order valence-corrected chi connectivity index (χ0v) is 11.1. The molecule has 0 radical (unpaired) electrons. The Morgan fingerprint density at radius 2 is 2.06 bits per heavy atom. The number of carbonyl (C=O) groups excluding carboxylic acids is 1. The van der Waals surface area contributed by atoms with Crippen LogP contribution in [0.15, 0.2) is 16.3 Å². The lowest BCUT2D eigenvalue weighted by Crippen LogP contribution is -2.28. The molecule has 18 heavy (non-hydrogen) atoms. The van der Waals surface area contributed by atoms with E-state index >= 15 is 0 Å². The van der Waals surface area contributed by atoms with Gasteiger partial charge in [0.05, 0.1) is 0 Å². The summed E-state index contributed by atoms with van der Waals surface area (Å²) in [6.07, 6.45) is 0.0207. The first-order valence-corrected chi connectivity index (χ1v) is 7.20. The second kappa shape index (κ2) is 5.94. The van der Waals surface area contributed by atoms with E-state index < -0.39 is 16.0 Å². The van der Waals surface area contributed by atoms with Crippen molar-refractivity contribution in [3.8, 4) is 0 Å². The highest BCUT2D eigenvalue weighted by molar-refractivity contribution is 7.91. The van der Waals surface area contributed by atoms with Crippen molar-refractivity contribution in [2.45, 2.75) is 10.6 Å². The van der Waals surface area contributed by atoms with Gasteiger partial charge in [-0.2, -0.15) is 0 Å². The van der Waals surface area contributed by atoms with Crippen LogP contribution in [-0.2, 0) is 14.8 Å². The Kier molecular flexibility index (Phi) is 4.82. The van der Waals surface area contributed by atoms with Crippen LogP contribution < -0.4 is 10.0 Å². The van der Waals surface area contributed by atoms with Crippen molar-refractivity contribution in [2.24, 2.45) is 0 Å². The molecule has 7 nitrogen and oxygen atoms in total. The van der Waals surface area contributed by atoms with Crippen LogP contribution in [0, 0.1) is 0 Å². The topological polar surface area (TPSA) is 113 Å². The predicted octanol–water partition coefficient (Wildman–Crippen LogP) is -0.139. The Morgan fingerprint density at radius 1 is 1.39 bits per heavy atom. The number of amides is 1. The molecule has 0 unspecified atom stereocenters. The predicted molar refractivity (Wildman–Crippen MR) is 65.2 cm³/mol. The number of carboxylic acid groups (broad SMARTS) is 1. The summed E-state index contributed by atoms with van der Waals surface area (Å²) in [6.45, 7) is -0.0394. The molecule has 0 aliphatic rings. The molecule has 9 heteroatoms. The van der Waals surface area contributed by atoms with Crippen LogP contribution in [0.2, 0.25) is 0 Å². The van der Waals surface area contributed by atoms with E-state index in [1.165, 1.54) is 19.2 Å². The first kappa shape index (κ1) is 14.6. The quantitative estimate of drug-likeness (QED) is 0.675. The van der Waals surface area contributed by atoms with Crippen molar-refractivity contribution in [1.82, 2.24) is 10.0 Å². The highest BCUT2D eigenvalue weighted by atomic mass is 32.2. The van der Waals surface area contributed by atoms with Gasteiger partial charge in [0.1, 0.15) is 9.09 Å². The van der Waals surface area contributed by atoms with E-state index in [-0.39, 0.29) is 28.0 Å². The van der Waals surface area contributed by atoms with Gasteiger partial charge in [-0.1, -0.05) is 0 Å². The van der Waals surface area contributed by atoms with Crippen LogP contribution in [0.1, 0.15) is 16.1 Å². The third-order valence-electron chi connectivity index (χ3n) is 1.98. The number of thiophene rings is 1. The van der Waals surface area contributed by atoms with Crippen LogP contribution in [0.4, 0.5) is 0 Å². The summed E-state index contributed by atoms with van der Waals surface area (Å²) in [7, 11) is -2.30. The number of carboxylic acids is 1. The standard InChI is InChI=1S/C9H12N2O5S2/c1-10-7(12)4-5-11-18(15,16)8-3-2-6(17-8)9(13)14/h2-3,11H,4-5H2,1H3,(H,10,12)(H,13,14). The lowest BCUT2D eigenvalue weighted by molar-refractivity contribution is -0.120. The second-order valence-corrected chi connectivity index (χ2v) is 6.32. The van der Waals surface area contributed by atoms with Gasteiger partial charge in [-0.05, 0) is 12.1 Å². The lowest BCUT2D eigenvalue weighted by atomic mass is 10.4. The SMILES string of the molecule is CNC(=O)CCNS(=O)(=O)c1ccc(C(=O)O)s1. The summed E-state index contributed by atoms with van der Waals surface area (Å²) in [4.78, 5) is 21.5. The molecular weight excluding hydrogens is 280 g/mol. The molecule has 0 saturated heterocycles. The molecule has 0 aliphatic heterocycles. The van der Waals surface area contributed by atoms with Gasteiger partial charge < -0.3 is 10.4 Å². The molecule has 0 saturated carbocycles. The summed E-state index contributed by atoms with van der Waals surface area (Å²) in [6, 6.07) is 2.44. The highest BCUT2D eigenvalue weighted by Gasteiger charge is 2.18. The van der Waals surface area contributed by atoms with E-state index in [2.05, 4.69) is 10.0 Å². The van der Waals surface area contributed by atoms with Crippen molar-refractivity contribution < 1.29 is 23.1 Å². The Balaban J connectivity index is 2.68. The van der Waals surface area contributed by atoms with Crippen LogP contribution in [0.5, 0.6) is 0 Å². The Labute approximate surface area is 108 Å². The van der Waals surface area contributed by atoms with Gasteiger partial charge in [-0.15, -0.1) is 11.3 Å². The minimum absolute atomic E-state index is 0.0207. The monoisotopic (exact) mass is 292 g/mol. The molecule has 0 bridgehead atoms. The van der Waals surface area contributed by atoms with Crippen LogP contribution >= 0.6 is 11.3 Å². The first-order valence-electron chi connectivity index (χ1n) is 4.90. The van der Waals surface area contributed by atoms with Crippen molar-refractivity contribution in [3.63, 3.8) is 0 Å². The van der Waals surface area contributed by atoms with Crippen LogP contribution in [-0.4, -0.2) is 39.0 Å². The van der Waals surface area contributed by atoms with E-state index in [9.17, 15) is 18.0 Å². The molecule has 1 amide bonds. The first-order chi connectivity index (χ1) is 8.36. The maximum atomic E-state index is 11.7. The van der Waals surface area contributed by atoms with Gasteiger partial charge in [-0.25, -0.2) is 17.9 Å². The third kappa shape index (κ3) is 3.79. The average Bonchev–Trinajstić information content (AvgIpc) is 2.78. The van der Waals surface area contributed by atoms with Gasteiger partial charge in [0.15, 0.2) is 0 Å². The summed E-state index contributed by atoms with van der Waals surface area (Å²) in [5.74, 6) is -1.46. The van der Waals surface area contributed by atoms with E-state index in [1.54, 1.807) is 0 Å². The zero-order chi connectivity index (χ0) is 13.8. The zero-order valence-electron chi connectivity index (χ0n) is 9.47. The molecule has 0 aromatic carbocycles. The minimum atomic E-state index is -3.75. The van der Waals surface area contributed by atoms with Gasteiger partial charge in [0.25, 0.3) is 0 Å². The third-order valence-corrected chi connectivity index (χ3v) is 5.01. The second-order valence-electron chi connectivity index (χ2n) is 3.24. The smallest absolute Gasteiger partial charge is 0.345 e. The summed E-state index contributed by atoms with van der Waals surface area (Å²) >= 11 is 0.662. The summed E-state index contributed by atoms with van der Waals surface area (Å²) in [5.41, 5.74) is 0. The largest absolute Gasteiger partial charge is 0.477 e. The van der Waals surface area contributed by atoms with Gasteiger partial charge in [0, 0.05) is 20.0 Å². The Hall–Kier alpha value is -1.45. The average molecular weight is 292 g/mol. The maximum Gasteiger partial charge on any atom is 0.345 e. The van der Waals surface area contributed by atoms with Crippen molar-refractivity contribution in [2.75, 3.05) is 13.6 Å². The molecule has 0 fully saturated rings. The molecule has 100 valence electrons. The number of carbonyl (C=O) groups is 2. The number of nitrogens with one attached hydrogen (secondary N) is 2. The van der Waals surface area contributed by atoms with Crippen LogP contribution in [0.3, 0.4) is 0 Å².